The van der Waals surface area contributed by atoms with Gasteiger partial charge in [-0.3, -0.25) is 0 Å². The third-order valence-electron chi connectivity index (χ3n) is 3.78. The van der Waals surface area contributed by atoms with Crippen LogP contribution in [0.3, 0.4) is 0 Å². The van der Waals surface area contributed by atoms with E-state index in [9.17, 15) is 0 Å². The van der Waals surface area contributed by atoms with E-state index in [1.165, 1.54) is 57.9 Å². The van der Waals surface area contributed by atoms with Crippen LogP contribution in [-0.4, -0.2) is 31.1 Å². The molecule has 0 aromatic heterocycles. The topological polar surface area (TPSA) is 29.3 Å². The molecule has 0 bridgehead atoms. The van der Waals surface area contributed by atoms with Crippen molar-refractivity contribution >= 4 is 0 Å². The Morgan fingerprint density at radius 2 is 1.88 bits per heavy atom. The molecule has 0 aliphatic heterocycles. The summed E-state index contributed by atoms with van der Waals surface area (Å²) in [5, 5.41) is 0. The first kappa shape index (κ1) is 14.0. The smallest absolute Gasteiger partial charge is 0.0215 e. The van der Waals surface area contributed by atoms with Crippen LogP contribution in [0, 0.1) is 5.92 Å². The van der Waals surface area contributed by atoms with E-state index in [4.69, 9.17) is 5.73 Å². The van der Waals surface area contributed by atoms with Gasteiger partial charge < -0.3 is 10.6 Å². The zero-order chi connectivity index (χ0) is 11.8. The fraction of sp³-hybridized carbons (Fsp3) is 1.00. The van der Waals surface area contributed by atoms with E-state index in [2.05, 4.69) is 18.9 Å². The highest BCUT2D eigenvalue weighted by atomic mass is 15.1. The van der Waals surface area contributed by atoms with Crippen LogP contribution >= 0.6 is 0 Å². The third-order valence-corrected chi connectivity index (χ3v) is 3.78. The fourth-order valence-electron chi connectivity index (χ4n) is 2.36. The molecule has 1 fully saturated rings. The molecule has 0 heterocycles. The number of nitrogens with zero attached hydrogens (tertiary/aromatic N) is 1. The van der Waals surface area contributed by atoms with Gasteiger partial charge in [0.15, 0.2) is 0 Å². The predicted molar refractivity (Wildman–Crippen MR) is 71.6 cm³/mol. The van der Waals surface area contributed by atoms with E-state index in [-0.39, 0.29) is 0 Å². The summed E-state index contributed by atoms with van der Waals surface area (Å²) in [4.78, 5) is 2.50. The molecular weight excluding hydrogens is 196 g/mol. The quantitative estimate of drug-likeness (QED) is 0.580. The summed E-state index contributed by atoms with van der Waals surface area (Å²) < 4.78 is 0. The maximum atomic E-state index is 5.87. The van der Waals surface area contributed by atoms with Crippen molar-refractivity contribution in [3.8, 4) is 0 Å². The second kappa shape index (κ2) is 8.08. The van der Waals surface area contributed by atoms with Crippen molar-refractivity contribution in [3.63, 3.8) is 0 Å². The summed E-state index contributed by atoms with van der Waals surface area (Å²) in [7, 11) is 2.25. The Balaban J connectivity index is 2.04. The van der Waals surface area contributed by atoms with Crippen molar-refractivity contribution in [2.24, 2.45) is 11.7 Å². The molecule has 1 aliphatic rings. The minimum atomic E-state index is 0.627. The molecule has 1 rings (SSSR count). The molecule has 1 aliphatic carbocycles. The Morgan fingerprint density at radius 3 is 2.44 bits per heavy atom. The monoisotopic (exact) mass is 226 g/mol. The first-order valence-corrected chi connectivity index (χ1v) is 7.18. The molecule has 2 nitrogen and oxygen atoms in total. The zero-order valence-electron chi connectivity index (χ0n) is 11.3. The van der Waals surface area contributed by atoms with Gasteiger partial charge in [-0.15, -0.1) is 0 Å². The SMILES string of the molecule is CCCCCCCC(CN)N(C)CC1CC1. The fourth-order valence-corrected chi connectivity index (χ4v) is 2.36. The van der Waals surface area contributed by atoms with E-state index in [1.54, 1.807) is 0 Å². The summed E-state index contributed by atoms with van der Waals surface area (Å²) in [5.41, 5.74) is 5.87. The maximum Gasteiger partial charge on any atom is 0.0215 e. The largest absolute Gasteiger partial charge is 0.329 e. The normalized spacial score (nSPS) is 18.0. The van der Waals surface area contributed by atoms with Crippen LogP contribution in [0.25, 0.3) is 0 Å². The molecule has 16 heavy (non-hydrogen) atoms. The summed E-state index contributed by atoms with van der Waals surface area (Å²) in [6.45, 7) is 4.37. The van der Waals surface area contributed by atoms with Gasteiger partial charge in [0.25, 0.3) is 0 Å². The number of hydrogen-bond donors (Lipinski definition) is 1. The average molecular weight is 226 g/mol. The molecule has 1 atom stereocenters. The van der Waals surface area contributed by atoms with Gasteiger partial charge in [0, 0.05) is 19.1 Å². The van der Waals surface area contributed by atoms with Gasteiger partial charge in [-0.1, -0.05) is 39.0 Å². The lowest BCUT2D eigenvalue weighted by atomic mass is 10.1. The number of rotatable bonds is 10. The first-order valence-electron chi connectivity index (χ1n) is 7.18. The standard InChI is InChI=1S/C14H30N2/c1-3-4-5-6-7-8-14(11-15)16(2)12-13-9-10-13/h13-14H,3-12,15H2,1-2H3. The predicted octanol–water partition coefficient (Wildman–Crippen LogP) is 3.02. The van der Waals surface area contributed by atoms with E-state index in [0.717, 1.165) is 12.5 Å². The summed E-state index contributed by atoms with van der Waals surface area (Å²) in [5.74, 6) is 0.985. The Hall–Kier alpha value is -0.0800. The molecule has 0 radical (unpaired) electrons. The molecule has 96 valence electrons. The number of likely N-dealkylation sites (N-methyl/N-ethyl adjacent to an activating group) is 1. The maximum absolute atomic E-state index is 5.87. The molecule has 1 saturated carbocycles. The Bertz CT molecular complexity index is 166. The number of unbranched alkanes of at least 4 members (excludes halogenated alkanes) is 4. The van der Waals surface area contributed by atoms with Gasteiger partial charge in [-0.25, -0.2) is 0 Å². The highest BCUT2D eigenvalue weighted by Crippen LogP contribution is 2.30. The Kier molecular flexibility index (Phi) is 7.06. The van der Waals surface area contributed by atoms with Gasteiger partial charge in [0.2, 0.25) is 0 Å². The second-order valence-corrected chi connectivity index (χ2v) is 5.48. The lowest BCUT2D eigenvalue weighted by molar-refractivity contribution is 0.222. The molecule has 0 saturated heterocycles. The molecule has 2 heteroatoms. The summed E-state index contributed by atoms with van der Waals surface area (Å²) in [6, 6.07) is 0.627. The summed E-state index contributed by atoms with van der Waals surface area (Å²) in [6.07, 6.45) is 11.1. The van der Waals surface area contributed by atoms with Gasteiger partial charge >= 0.3 is 0 Å². The molecule has 0 amide bonds. The lowest BCUT2D eigenvalue weighted by Gasteiger charge is -2.27. The van der Waals surface area contributed by atoms with Crippen molar-refractivity contribution < 1.29 is 0 Å². The Morgan fingerprint density at radius 1 is 1.19 bits per heavy atom. The van der Waals surface area contributed by atoms with Gasteiger partial charge in [0.1, 0.15) is 0 Å². The van der Waals surface area contributed by atoms with E-state index >= 15 is 0 Å². The lowest BCUT2D eigenvalue weighted by Crippen LogP contribution is -2.39. The molecule has 0 aromatic rings. The summed E-state index contributed by atoms with van der Waals surface area (Å²) >= 11 is 0. The Labute approximate surface area is 102 Å². The van der Waals surface area contributed by atoms with Crippen LogP contribution in [0.2, 0.25) is 0 Å². The van der Waals surface area contributed by atoms with Crippen LogP contribution in [0.4, 0.5) is 0 Å². The molecule has 2 N–H and O–H groups in total. The minimum absolute atomic E-state index is 0.627. The van der Waals surface area contributed by atoms with Gasteiger partial charge in [0.05, 0.1) is 0 Å². The molecule has 0 aromatic carbocycles. The number of hydrogen-bond acceptors (Lipinski definition) is 2. The zero-order valence-corrected chi connectivity index (χ0v) is 11.3. The molecule has 0 spiro atoms. The van der Waals surface area contributed by atoms with Crippen LogP contribution < -0.4 is 5.73 Å². The van der Waals surface area contributed by atoms with Crippen molar-refractivity contribution in [1.29, 1.82) is 0 Å². The van der Waals surface area contributed by atoms with Crippen LogP contribution in [0.1, 0.15) is 58.3 Å². The molecular formula is C14H30N2. The first-order chi connectivity index (χ1) is 7.77. The van der Waals surface area contributed by atoms with Gasteiger partial charge in [-0.05, 0) is 32.2 Å². The van der Waals surface area contributed by atoms with Gasteiger partial charge in [-0.2, -0.15) is 0 Å². The van der Waals surface area contributed by atoms with Crippen LogP contribution in [0.5, 0.6) is 0 Å². The second-order valence-electron chi connectivity index (χ2n) is 5.48. The minimum Gasteiger partial charge on any atom is -0.329 e. The van der Waals surface area contributed by atoms with Crippen LogP contribution in [0.15, 0.2) is 0 Å². The van der Waals surface area contributed by atoms with Crippen molar-refractivity contribution in [2.45, 2.75) is 64.3 Å². The number of nitrogens with two attached hydrogens (primary N) is 1. The molecule has 1 unspecified atom stereocenters. The van der Waals surface area contributed by atoms with Crippen LogP contribution in [-0.2, 0) is 0 Å². The van der Waals surface area contributed by atoms with E-state index in [1.807, 2.05) is 0 Å². The van der Waals surface area contributed by atoms with E-state index < -0.39 is 0 Å². The van der Waals surface area contributed by atoms with E-state index in [0.29, 0.717) is 6.04 Å². The van der Waals surface area contributed by atoms with Crippen molar-refractivity contribution in [3.05, 3.63) is 0 Å². The highest BCUT2D eigenvalue weighted by molar-refractivity contribution is 4.79. The van der Waals surface area contributed by atoms with Crippen molar-refractivity contribution in [2.75, 3.05) is 20.1 Å². The average Bonchev–Trinajstić information content (AvgIpc) is 3.07. The third kappa shape index (κ3) is 5.86. The van der Waals surface area contributed by atoms with Crippen molar-refractivity contribution in [1.82, 2.24) is 4.90 Å². The highest BCUT2D eigenvalue weighted by Gasteiger charge is 2.25.